The molecule has 0 bridgehead atoms. The molecule has 0 aliphatic heterocycles. The first-order valence-electron chi connectivity index (χ1n) is 8.32. The molecule has 0 heterocycles. The van der Waals surface area contributed by atoms with Gasteiger partial charge in [-0.25, -0.2) is 4.79 Å². The smallest absolute Gasteiger partial charge is 0.407 e. The Morgan fingerprint density at radius 1 is 1.04 bits per heavy atom. The lowest BCUT2D eigenvalue weighted by molar-refractivity contribution is -0.123. The second kappa shape index (κ2) is 10.5. The van der Waals surface area contributed by atoms with Gasteiger partial charge in [-0.3, -0.25) is 4.79 Å². The van der Waals surface area contributed by atoms with E-state index in [2.05, 4.69) is 10.6 Å². The van der Waals surface area contributed by atoms with Crippen LogP contribution in [0.5, 0.6) is 5.75 Å². The van der Waals surface area contributed by atoms with Crippen molar-refractivity contribution in [1.29, 1.82) is 0 Å². The summed E-state index contributed by atoms with van der Waals surface area (Å²) in [4.78, 5) is 23.1. The molecular formula is C18H28N2O4. The van der Waals surface area contributed by atoms with Gasteiger partial charge < -0.3 is 20.1 Å². The molecule has 134 valence electrons. The molecule has 24 heavy (non-hydrogen) atoms. The van der Waals surface area contributed by atoms with Crippen molar-refractivity contribution in [2.24, 2.45) is 0 Å². The molecule has 1 rings (SSSR count). The average Bonchev–Trinajstić information content (AvgIpc) is 2.55. The van der Waals surface area contributed by atoms with Crippen LogP contribution < -0.4 is 15.4 Å². The van der Waals surface area contributed by atoms with Crippen LogP contribution in [0.15, 0.2) is 12.1 Å². The monoisotopic (exact) mass is 336 g/mol. The topological polar surface area (TPSA) is 76.7 Å². The molecule has 0 aromatic heterocycles. The molecule has 0 aliphatic rings. The molecule has 0 atom stereocenters. The van der Waals surface area contributed by atoms with E-state index in [-0.39, 0.29) is 12.5 Å². The highest BCUT2D eigenvalue weighted by Gasteiger charge is 2.09. The Balaban J connectivity index is 2.24. The van der Waals surface area contributed by atoms with E-state index >= 15 is 0 Å². The van der Waals surface area contributed by atoms with E-state index in [0.29, 0.717) is 19.7 Å². The number of rotatable bonds is 9. The highest BCUT2D eigenvalue weighted by molar-refractivity contribution is 5.77. The van der Waals surface area contributed by atoms with Crippen LogP contribution in [-0.2, 0) is 9.53 Å². The van der Waals surface area contributed by atoms with E-state index in [1.54, 1.807) is 0 Å². The van der Waals surface area contributed by atoms with Crippen LogP contribution in [0.2, 0.25) is 0 Å². The molecule has 2 amide bonds. The first-order valence-corrected chi connectivity index (χ1v) is 8.32. The van der Waals surface area contributed by atoms with Crippen LogP contribution >= 0.6 is 0 Å². The average molecular weight is 336 g/mol. The molecule has 0 aliphatic carbocycles. The Morgan fingerprint density at radius 2 is 1.71 bits per heavy atom. The fourth-order valence-electron chi connectivity index (χ4n) is 2.06. The highest BCUT2D eigenvalue weighted by atomic mass is 16.5. The summed E-state index contributed by atoms with van der Waals surface area (Å²) in [7, 11) is 0. The van der Waals surface area contributed by atoms with Crippen LogP contribution in [0.4, 0.5) is 4.79 Å². The zero-order valence-electron chi connectivity index (χ0n) is 15.0. The lowest BCUT2D eigenvalue weighted by Crippen LogP contribution is -2.37. The van der Waals surface area contributed by atoms with Crippen molar-refractivity contribution in [3.63, 3.8) is 0 Å². The second-order valence-corrected chi connectivity index (χ2v) is 5.71. The van der Waals surface area contributed by atoms with E-state index in [1.807, 2.05) is 39.8 Å². The van der Waals surface area contributed by atoms with Gasteiger partial charge in [-0.1, -0.05) is 25.5 Å². The maximum atomic E-state index is 11.8. The molecule has 0 saturated carbocycles. The number of carbonyl (C=O) groups excluding carboxylic acids is 2. The van der Waals surface area contributed by atoms with E-state index in [0.717, 1.165) is 35.3 Å². The summed E-state index contributed by atoms with van der Waals surface area (Å²) in [6, 6.07) is 4.01. The molecule has 6 heteroatoms. The predicted molar refractivity (Wildman–Crippen MR) is 93.4 cm³/mol. The maximum absolute atomic E-state index is 11.8. The van der Waals surface area contributed by atoms with Gasteiger partial charge >= 0.3 is 6.09 Å². The summed E-state index contributed by atoms with van der Waals surface area (Å²) in [5, 5.41) is 5.27. The summed E-state index contributed by atoms with van der Waals surface area (Å²) in [5.74, 6) is 0.527. The third kappa shape index (κ3) is 6.89. The lowest BCUT2D eigenvalue weighted by Gasteiger charge is -2.14. The molecule has 0 fully saturated rings. The van der Waals surface area contributed by atoms with Crippen molar-refractivity contribution in [2.45, 2.75) is 40.5 Å². The van der Waals surface area contributed by atoms with Gasteiger partial charge in [-0.05, 0) is 43.9 Å². The zero-order valence-corrected chi connectivity index (χ0v) is 15.0. The quantitative estimate of drug-likeness (QED) is 0.680. The summed E-state index contributed by atoms with van der Waals surface area (Å²) in [6.45, 7) is 8.98. The fraction of sp³-hybridized carbons (Fsp3) is 0.556. The number of hydrogen-bond donors (Lipinski definition) is 2. The number of carbonyl (C=O) groups is 2. The summed E-state index contributed by atoms with van der Waals surface area (Å²) >= 11 is 0. The number of ether oxygens (including phenoxy) is 2. The second-order valence-electron chi connectivity index (χ2n) is 5.71. The van der Waals surface area contributed by atoms with Gasteiger partial charge in [-0.15, -0.1) is 0 Å². The van der Waals surface area contributed by atoms with Crippen molar-refractivity contribution in [1.82, 2.24) is 10.6 Å². The molecular weight excluding hydrogens is 308 g/mol. The van der Waals surface area contributed by atoms with Crippen molar-refractivity contribution < 1.29 is 19.1 Å². The summed E-state index contributed by atoms with van der Waals surface area (Å²) < 4.78 is 10.6. The van der Waals surface area contributed by atoms with E-state index < -0.39 is 6.09 Å². The van der Waals surface area contributed by atoms with Crippen LogP contribution in [0, 0.1) is 20.8 Å². The van der Waals surface area contributed by atoms with E-state index in [1.165, 1.54) is 0 Å². The Morgan fingerprint density at radius 3 is 2.42 bits per heavy atom. The Kier molecular flexibility index (Phi) is 8.68. The van der Waals surface area contributed by atoms with Gasteiger partial charge in [0.15, 0.2) is 6.61 Å². The van der Waals surface area contributed by atoms with Crippen molar-refractivity contribution in [3.8, 4) is 5.75 Å². The predicted octanol–water partition coefficient (Wildman–Crippen LogP) is 2.63. The molecule has 1 aromatic carbocycles. The van der Waals surface area contributed by atoms with Crippen molar-refractivity contribution in [3.05, 3.63) is 28.8 Å². The van der Waals surface area contributed by atoms with Crippen LogP contribution in [0.25, 0.3) is 0 Å². The molecule has 0 spiro atoms. The Bertz CT molecular complexity index is 558. The minimum absolute atomic E-state index is 0.0495. The first kappa shape index (κ1) is 19.8. The SMILES string of the molecule is CCCCOC(=O)NCCNC(=O)COc1c(C)ccc(C)c1C. The third-order valence-corrected chi connectivity index (χ3v) is 3.67. The molecule has 1 aromatic rings. The third-order valence-electron chi connectivity index (χ3n) is 3.67. The highest BCUT2D eigenvalue weighted by Crippen LogP contribution is 2.25. The zero-order chi connectivity index (χ0) is 17.9. The summed E-state index contributed by atoms with van der Waals surface area (Å²) in [5.41, 5.74) is 3.17. The number of aryl methyl sites for hydroxylation is 2. The molecule has 0 saturated heterocycles. The minimum Gasteiger partial charge on any atom is -0.483 e. The number of nitrogens with one attached hydrogen (secondary N) is 2. The van der Waals surface area contributed by atoms with Crippen molar-refractivity contribution >= 4 is 12.0 Å². The minimum atomic E-state index is -0.458. The number of benzene rings is 1. The van der Waals surface area contributed by atoms with Gasteiger partial charge in [0.05, 0.1) is 6.61 Å². The number of hydrogen-bond acceptors (Lipinski definition) is 4. The van der Waals surface area contributed by atoms with Crippen LogP contribution in [0.3, 0.4) is 0 Å². The van der Waals surface area contributed by atoms with Crippen LogP contribution in [-0.4, -0.2) is 38.3 Å². The lowest BCUT2D eigenvalue weighted by atomic mass is 10.1. The molecule has 6 nitrogen and oxygen atoms in total. The van der Waals surface area contributed by atoms with E-state index in [4.69, 9.17) is 9.47 Å². The standard InChI is InChI=1S/C18H28N2O4/c1-5-6-11-23-18(22)20-10-9-19-16(21)12-24-17-14(3)8-7-13(2)15(17)4/h7-8H,5-6,9-12H2,1-4H3,(H,19,21)(H,20,22). The largest absolute Gasteiger partial charge is 0.483 e. The van der Waals surface area contributed by atoms with Gasteiger partial charge in [0.1, 0.15) is 5.75 Å². The normalized spacial score (nSPS) is 10.2. The Labute approximate surface area is 143 Å². The van der Waals surface area contributed by atoms with Crippen molar-refractivity contribution in [2.75, 3.05) is 26.3 Å². The van der Waals surface area contributed by atoms with Gasteiger partial charge in [0.2, 0.25) is 0 Å². The van der Waals surface area contributed by atoms with E-state index in [9.17, 15) is 9.59 Å². The summed E-state index contributed by atoms with van der Waals surface area (Å²) in [6.07, 6.45) is 1.36. The fourth-order valence-corrected chi connectivity index (χ4v) is 2.06. The van der Waals surface area contributed by atoms with Crippen LogP contribution in [0.1, 0.15) is 36.5 Å². The number of amides is 2. The van der Waals surface area contributed by atoms with Gasteiger partial charge in [0.25, 0.3) is 5.91 Å². The molecule has 0 radical (unpaired) electrons. The number of unbranched alkanes of at least 4 members (excludes halogenated alkanes) is 1. The molecule has 2 N–H and O–H groups in total. The molecule has 0 unspecified atom stereocenters. The Hall–Kier alpha value is -2.24. The van der Waals surface area contributed by atoms with Gasteiger partial charge in [-0.2, -0.15) is 0 Å². The first-order chi connectivity index (χ1) is 11.5. The van der Waals surface area contributed by atoms with Gasteiger partial charge in [0, 0.05) is 13.1 Å². The number of alkyl carbamates (subject to hydrolysis) is 1. The maximum Gasteiger partial charge on any atom is 0.407 e.